The summed E-state index contributed by atoms with van der Waals surface area (Å²) < 4.78 is 8.15. The Morgan fingerprint density at radius 1 is 0.816 bits per heavy atom. The van der Waals surface area contributed by atoms with Gasteiger partial charge >= 0.3 is 0 Å². The number of hydrogen-bond donors (Lipinski definition) is 0. The highest BCUT2D eigenvalue weighted by atomic mass is 127. The fourth-order valence-corrected chi connectivity index (χ4v) is 7.12. The zero-order chi connectivity index (χ0) is 26.3. The molecule has 1 aliphatic heterocycles. The molecule has 0 unspecified atom stereocenters. The van der Waals surface area contributed by atoms with Crippen LogP contribution in [0, 0.1) is 7.14 Å². The summed E-state index contributed by atoms with van der Waals surface area (Å²) in [6, 6.07) is 34.3. The van der Waals surface area contributed by atoms with Crippen molar-refractivity contribution in [2.24, 2.45) is 4.99 Å². The Hall–Kier alpha value is -2.63. The highest BCUT2D eigenvalue weighted by Crippen LogP contribution is 2.36. The van der Waals surface area contributed by atoms with Gasteiger partial charge in [-0.1, -0.05) is 78.9 Å². The zero-order valence-corrected chi connectivity index (χ0v) is 25.5. The van der Waals surface area contributed by atoms with Crippen LogP contribution in [0.2, 0.25) is 0 Å². The van der Waals surface area contributed by atoms with E-state index in [1.165, 1.54) is 17.3 Å². The molecule has 1 amide bonds. The normalized spacial score (nSPS) is 15.4. The Balaban J connectivity index is 1.39. The summed E-state index contributed by atoms with van der Waals surface area (Å²) in [6.07, 6.45) is 2.72. The van der Waals surface area contributed by atoms with Crippen LogP contribution in [0.1, 0.15) is 16.7 Å². The summed E-state index contributed by atoms with van der Waals surface area (Å²) >= 11 is 6.04. The van der Waals surface area contributed by atoms with Crippen molar-refractivity contribution >= 4 is 79.8 Å². The first-order valence-corrected chi connectivity index (χ1v) is 15.1. The molecule has 1 saturated heterocycles. The summed E-state index contributed by atoms with van der Waals surface area (Å²) in [5.41, 5.74) is 4.11. The van der Waals surface area contributed by atoms with E-state index in [0.717, 1.165) is 36.1 Å². The number of benzene rings is 4. The van der Waals surface area contributed by atoms with Gasteiger partial charge in [-0.25, -0.2) is 4.99 Å². The SMILES string of the molecule is O=C1/C(=C\c2cc(I)c(OCc3ccccc3)c(I)c2)SC(=Nc2ccccc2)N1CCc1ccccc1. The molecular weight excluding hydrogens is 718 g/mol. The van der Waals surface area contributed by atoms with Crippen molar-refractivity contribution in [3.05, 3.63) is 132 Å². The molecule has 4 nitrogen and oxygen atoms in total. The standard InChI is InChI=1S/C31H24I2N2O2S/c32-26-18-24(19-27(33)29(26)37-21-23-12-6-2-7-13-23)20-28-30(36)35(17-16-22-10-4-1-5-11-22)31(38-28)34-25-14-8-3-9-15-25/h1-15,18-20H,16-17,21H2/b28-20+,34-31?. The second-order valence-corrected chi connectivity index (χ2v) is 12.0. The van der Waals surface area contributed by atoms with E-state index in [1.807, 2.05) is 72.8 Å². The maximum absolute atomic E-state index is 13.6. The Kier molecular flexibility index (Phi) is 9.18. The summed E-state index contributed by atoms with van der Waals surface area (Å²) in [5.74, 6) is 0.841. The van der Waals surface area contributed by atoms with Crippen LogP contribution in [0.3, 0.4) is 0 Å². The second-order valence-electron chi connectivity index (χ2n) is 8.62. The van der Waals surface area contributed by atoms with E-state index in [1.54, 1.807) is 4.90 Å². The molecule has 5 rings (SSSR count). The summed E-state index contributed by atoms with van der Waals surface area (Å²) in [7, 11) is 0. The minimum Gasteiger partial charge on any atom is -0.487 e. The van der Waals surface area contributed by atoms with Gasteiger partial charge in [-0.2, -0.15) is 0 Å². The highest BCUT2D eigenvalue weighted by Gasteiger charge is 2.33. The number of nitrogens with zero attached hydrogens (tertiary/aromatic N) is 2. The van der Waals surface area contributed by atoms with Gasteiger partial charge in [-0.15, -0.1) is 0 Å². The number of halogens is 2. The van der Waals surface area contributed by atoms with Crippen molar-refractivity contribution in [3.8, 4) is 5.75 Å². The maximum Gasteiger partial charge on any atom is 0.266 e. The third-order valence-electron chi connectivity index (χ3n) is 5.88. The monoisotopic (exact) mass is 742 g/mol. The molecule has 4 aromatic rings. The van der Waals surface area contributed by atoms with Gasteiger partial charge < -0.3 is 4.74 Å². The molecular formula is C31H24I2N2O2S. The van der Waals surface area contributed by atoms with Gasteiger partial charge in [0.2, 0.25) is 0 Å². The Bertz CT molecular complexity index is 1450. The van der Waals surface area contributed by atoms with E-state index >= 15 is 0 Å². The van der Waals surface area contributed by atoms with E-state index in [-0.39, 0.29) is 5.91 Å². The first kappa shape index (κ1) is 27.0. The number of ether oxygens (including phenoxy) is 1. The van der Waals surface area contributed by atoms with Crippen molar-refractivity contribution in [1.82, 2.24) is 4.90 Å². The van der Waals surface area contributed by atoms with Gasteiger partial charge in [0.15, 0.2) is 5.17 Å². The van der Waals surface area contributed by atoms with Crippen molar-refractivity contribution in [2.75, 3.05) is 6.54 Å². The maximum atomic E-state index is 13.6. The molecule has 0 atom stereocenters. The number of rotatable bonds is 8. The predicted molar refractivity (Wildman–Crippen MR) is 174 cm³/mol. The van der Waals surface area contributed by atoms with E-state index < -0.39 is 0 Å². The van der Waals surface area contributed by atoms with Gasteiger partial charge in [0, 0.05) is 6.54 Å². The van der Waals surface area contributed by atoms with Gasteiger partial charge in [-0.05, 0) is 110 Å². The molecule has 1 fully saturated rings. The second kappa shape index (κ2) is 12.9. The molecule has 190 valence electrons. The zero-order valence-electron chi connectivity index (χ0n) is 20.4. The fourth-order valence-electron chi connectivity index (χ4n) is 3.97. The molecule has 0 aliphatic carbocycles. The van der Waals surface area contributed by atoms with Crippen LogP contribution in [-0.2, 0) is 17.8 Å². The van der Waals surface area contributed by atoms with Crippen LogP contribution in [-0.4, -0.2) is 22.5 Å². The molecule has 0 N–H and O–H groups in total. The van der Waals surface area contributed by atoms with E-state index in [4.69, 9.17) is 9.73 Å². The first-order chi connectivity index (χ1) is 18.6. The molecule has 0 spiro atoms. The number of hydrogen-bond acceptors (Lipinski definition) is 4. The minimum atomic E-state index is -0.0185. The van der Waals surface area contributed by atoms with Crippen molar-refractivity contribution in [2.45, 2.75) is 13.0 Å². The summed E-state index contributed by atoms with van der Waals surface area (Å²) in [5, 5.41) is 0.704. The molecule has 0 saturated carbocycles. The lowest BCUT2D eigenvalue weighted by Gasteiger charge is -2.15. The average Bonchev–Trinajstić information content (AvgIpc) is 3.22. The van der Waals surface area contributed by atoms with Crippen molar-refractivity contribution in [1.29, 1.82) is 0 Å². The Morgan fingerprint density at radius 2 is 1.39 bits per heavy atom. The highest BCUT2D eigenvalue weighted by molar-refractivity contribution is 14.1. The molecule has 0 aromatic heterocycles. The number of amidine groups is 1. The summed E-state index contributed by atoms with van der Waals surface area (Å²) in [6.45, 7) is 1.08. The topological polar surface area (TPSA) is 41.9 Å². The number of amides is 1. The van der Waals surface area contributed by atoms with Gasteiger partial charge in [0.05, 0.1) is 17.7 Å². The Labute approximate surface area is 254 Å². The number of aliphatic imine (C=N–C) groups is 1. The van der Waals surface area contributed by atoms with Gasteiger partial charge in [0.1, 0.15) is 12.4 Å². The van der Waals surface area contributed by atoms with E-state index in [0.29, 0.717) is 23.2 Å². The lowest BCUT2D eigenvalue weighted by atomic mass is 10.1. The lowest BCUT2D eigenvalue weighted by Crippen LogP contribution is -2.31. The van der Waals surface area contributed by atoms with Crippen LogP contribution < -0.4 is 4.74 Å². The average molecular weight is 742 g/mol. The molecule has 4 aromatic carbocycles. The molecule has 1 aliphatic rings. The number of carbonyl (C=O) groups excluding carboxylic acids is 1. The van der Waals surface area contributed by atoms with Crippen LogP contribution in [0.4, 0.5) is 5.69 Å². The number of thioether (sulfide) groups is 1. The molecule has 7 heteroatoms. The van der Waals surface area contributed by atoms with E-state index in [2.05, 4.69) is 81.6 Å². The third kappa shape index (κ3) is 6.86. The largest absolute Gasteiger partial charge is 0.487 e. The van der Waals surface area contributed by atoms with Crippen molar-refractivity contribution < 1.29 is 9.53 Å². The first-order valence-electron chi connectivity index (χ1n) is 12.1. The third-order valence-corrected chi connectivity index (χ3v) is 8.49. The molecule has 1 heterocycles. The van der Waals surface area contributed by atoms with Gasteiger partial charge in [0.25, 0.3) is 5.91 Å². The molecule has 0 radical (unpaired) electrons. The minimum absolute atomic E-state index is 0.0185. The smallest absolute Gasteiger partial charge is 0.266 e. The lowest BCUT2D eigenvalue weighted by molar-refractivity contribution is -0.122. The quantitative estimate of drug-likeness (QED) is 0.135. The van der Waals surface area contributed by atoms with Crippen LogP contribution >= 0.6 is 56.9 Å². The van der Waals surface area contributed by atoms with Gasteiger partial charge in [-0.3, -0.25) is 9.69 Å². The van der Waals surface area contributed by atoms with Crippen LogP contribution in [0.5, 0.6) is 5.75 Å². The molecule has 38 heavy (non-hydrogen) atoms. The van der Waals surface area contributed by atoms with Crippen molar-refractivity contribution in [3.63, 3.8) is 0 Å². The number of carbonyl (C=O) groups is 1. The Morgan fingerprint density at radius 3 is 2.03 bits per heavy atom. The predicted octanol–water partition coefficient (Wildman–Crippen LogP) is 8.32. The van der Waals surface area contributed by atoms with Crippen LogP contribution in [0.15, 0.2) is 113 Å². The van der Waals surface area contributed by atoms with Crippen LogP contribution in [0.25, 0.3) is 6.08 Å². The fraction of sp³-hybridized carbons (Fsp3) is 0.0968. The summed E-state index contributed by atoms with van der Waals surface area (Å²) in [4.78, 5) is 20.8. The molecule has 0 bridgehead atoms. The van der Waals surface area contributed by atoms with E-state index in [9.17, 15) is 4.79 Å². The number of para-hydroxylation sites is 1.